The third-order valence-electron chi connectivity index (χ3n) is 3.97. The predicted octanol–water partition coefficient (Wildman–Crippen LogP) is 2.04. The SMILES string of the molecule is CCC(CNCC(C)C)N1CCCN(C)CC1C. The van der Waals surface area contributed by atoms with Crippen molar-refractivity contribution < 1.29 is 0 Å². The van der Waals surface area contributed by atoms with Crippen molar-refractivity contribution in [3.8, 4) is 0 Å². The van der Waals surface area contributed by atoms with E-state index >= 15 is 0 Å². The average Bonchev–Trinajstić information content (AvgIpc) is 2.46. The van der Waals surface area contributed by atoms with Crippen LogP contribution in [-0.2, 0) is 0 Å². The van der Waals surface area contributed by atoms with Gasteiger partial charge in [0.15, 0.2) is 0 Å². The predicted molar refractivity (Wildman–Crippen MR) is 80.1 cm³/mol. The van der Waals surface area contributed by atoms with Gasteiger partial charge in [-0.25, -0.2) is 0 Å². The zero-order valence-corrected chi connectivity index (χ0v) is 13.1. The minimum Gasteiger partial charge on any atom is -0.315 e. The van der Waals surface area contributed by atoms with E-state index in [0.717, 1.165) is 19.0 Å². The van der Waals surface area contributed by atoms with Crippen molar-refractivity contribution in [1.82, 2.24) is 15.1 Å². The average molecular weight is 255 g/mol. The molecular weight excluding hydrogens is 222 g/mol. The Morgan fingerprint density at radius 3 is 2.56 bits per heavy atom. The summed E-state index contributed by atoms with van der Waals surface area (Å²) in [6.07, 6.45) is 2.56. The van der Waals surface area contributed by atoms with Crippen LogP contribution in [0.3, 0.4) is 0 Å². The molecule has 0 radical (unpaired) electrons. The van der Waals surface area contributed by atoms with Gasteiger partial charge in [0.25, 0.3) is 0 Å². The van der Waals surface area contributed by atoms with Crippen molar-refractivity contribution in [1.29, 1.82) is 0 Å². The van der Waals surface area contributed by atoms with Gasteiger partial charge < -0.3 is 10.2 Å². The van der Waals surface area contributed by atoms with Gasteiger partial charge in [-0.1, -0.05) is 20.8 Å². The normalized spacial score (nSPS) is 25.3. The van der Waals surface area contributed by atoms with Crippen LogP contribution in [0, 0.1) is 5.92 Å². The Labute approximate surface area is 114 Å². The lowest BCUT2D eigenvalue weighted by molar-refractivity contribution is 0.135. The highest BCUT2D eigenvalue weighted by molar-refractivity contribution is 4.82. The molecule has 3 heteroatoms. The summed E-state index contributed by atoms with van der Waals surface area (Å²) >= 11 is 0. The molecule has 1 fully saturated rings. The fourth-order valence-corrected chi connectivity index (χ4v) is 2.97. The molecule has 108 valence electrons. The summed E-state index contributed by atoms with van der Waals surface area (Å²) in [6.45, 7) is 15.2. The fraction of sp³-hybridized carbons (Fsp3) is 1.00. The molecule has 1 aliphatic rings. The Balaban J connectivity index is 2.46. The lowest BCUT2D eigenvalue weighted by atomic mass is 10.1. The van der Waals surface area contributed by atoms with Crippen LogP contribution < -0.4 is 5.32 Å². The molecule has 1 aliphatic heterocycles. The molecule has 18 heavy (non-hydrogen) atoms. The van der Waals surface area contributed by atoms with Crippen LogP contribution in [0.5, 0.6) is 0 Å². The Morgan fingerprint density at radius 2 is 1.94 bits per heavy atom. The summed E-state index contributed by atoms with van der Waals surface area (Å²) in [7, 11) is 2.25. The molecule has 0 spiro atoms. The smallest absolute Gasteiger partial charge is 0.0221 e. The van der Waals surface area contributed by atoms with E-state index in [1.807, 2.05) is 0 Å². The molecule has 1 heterocycles. The molecule has 0 aromatic rings. The maximum atomic E-state index is 3.63. The second-order valence-electron chi connectivity index (χ2n) is 6.32. The summed E-state index contributed by atoms with van der Waals surface area (Å²) < 4.78 is 0. The number of nitrogens with one attached hydrogen (secondary N) is 1. The molecule has 2 unspecified atom stereocenters. The van der Waals surface area contributed by atoms with Crippen LogP contribution in [0.15, 0.2) is 0 Å². The van der Waals surface area contributed by atoms with E-state index < -0.39 is 0 Å². The molecule has 0 saturated carbocycles. The first-order valence-electron chi connectivity index (χ1n) is 7.69. The number of hydrogen-bond acceptors (Lipinski definition) is 3. The maximum Gasteiger partial charge on any atom is 0.0221 e. The largest absolute Gasteiger partial charge is 0.315 e. The molecular formula is C15H33N3. The van der Waals surface area contributed by atoms with E-state index in [-0.39, 0.29) is 0 Å². The van der Waals surface area contributed by atoms with Crippen LogP contribution in [0.4, 0.5) is 0 Å². The van der Waals surface area contributed by atoms with E-state index in [1.165, 1.54) is 32.5 Å². The Hall–Kier alpha value is -0.120. The van der Waals surface area contributed by atoms with Crippen LogP contribution >= 0.6 is 0 Å². The quantitative estimate of drug-likeness (QED) is 0.783. The molecule has 2 atom stereocenters. The lowest BCUT2D eigenvalue weighted by Gasteiger charge is -2.35. The summed E-state index contributed by atoms with van der Waals surface area (Å²) in [6, 6.07) is 1.38. The standard InChI is InChI=1S/C15H33N3/c1-6-15(11-16-10-13(2)3)18-9-7-8-17(5)12-14(18)4/h13-16H,6-12H2,1-5H3. The van der Waals surface area contributed by atoms with Gasteiger partial charge in [-0.15, -0.1) is 0 Å². The van der Waals surface area contributed by atoms with Gasteiger partial charge in [-0.05, 0) is 45.8 Å². The van der Waals surface area contributed by atoms with Gasteiger partial charge in [-0.2, -0.15) is 0 Å². The van der Waals surface area contributed by atoms with Crippen LogP contribution in [0.2, 0.25) is 0 Å². The van der Waals surface area contributed by atoms with Crippen molar-refractivity contribution in [2.45, 2.75) is 52.6 Å². The van der Waals surface area contributed by atoms with Crippen LogP contribution in [-0.4, -0.2) is 61.7 Å². The summed E-state index contributed by atoms with van der Waals surface area (Å²) in [5, 5.41) is 3.63. The third kappa shape index (κ3) is 5.25. The van der Waals surface area contributed by atoms with Crippen molar-refractivity contribution >= 4 is 0 Å². The number of nitrogens with zero attached hydrogens (tertiary/aromatic N) is 2. The summed E-state index contributed by atoms with van der Waals surface area (Å²) in [5.74, 6) is 0.746. The molecule has 3 nitrogen and oxygen atoms in total. The minimum atomic E-state index is 0.684. The molecule has 0 aromatic heterocycles. The van der Waals surface area contributed by atoms with Crippen molar-refractivity contribution in [2.24, 2.45) is 5.92 Å². The molecule has 0 aromatic carbocycles. The number of likely N-dealkylation sites (N-methyl/N-ethyl adjacent to an activating group) is 1. The van der Waals surface area contributed by atoms with Gasteiger partial charge in [-0.3, -0.25) is 4.90 Å². The van der Waals surface area contributed by atoms with Gasteiger partial charge in [0.2, 0.25) is 0 Å². The number of hydrogen-bond donors (Lipinski definition) is 1. The van der Waals surface area contributed by atoms with Crippen molar-refractivity contribution in [2.75, 3.05) is 39.8 Å². The maximum absolute atomic E-state index is 3.63. The van der Waals surface area contributed by atoms with E-state index in [1.54, 1.807) is 0 Å². The molecule has 0 aliphatic carbocycles. The zero-order chi connectivity index (χ0) is 13.5. The van der Waals surface area contributed by atoms with Gasteiger partial charge in [0.05, 0.1) is 0 Å². The lowest BCUT2D eigenvalue weighted by Crippen LogP contribution is -2.48. The van der Waals surface area contributed by atoms with Gasteiger partial charge >= 0.3 is 0 Å². The van der Waals surface area contributed by atoms with Gasteiger partial charge in [0.1, 0.15) is 0 Å². The second-order valence-corrected chi connectivity index (χ2v) is 6.32. The van der Waals surface area contributed by atoms with Crippen LogP contribution in [0.25, 0.3) is 0 Å². The first-order chi connectivity index (χ1) is 8.54. The Morgan fingerprint density at radius 1 is 1.22 bits per heavy atom. The molecule has 0 amide bonds. The fourth-order valence-electron chi connectivity index (χ4n) is 2.97. The Bertz CT molecular complexity index is 218. The topological polar surface area (TPSA) is 18.5 Å². The van der Waals surface area contributed by atoms with E-state index in [2.05, 4.69) is 49.9 Å². The molecule has 1 rings (SSSR count). The van der Waals surface area contributed by atoms with Crippen LogP contribution in [0.1, 0.15) is 40.5 Å². The molecule has 1 saturated heterocycles. The van der Waals surface area contributed by atoms with Crippen molar-refractivity contribution in [3.05, 3.63) is 0 Å². The first kappa shape index (κ1) is 15.9. The second kappa shape index (κ2) is 8.13. The molecule has 1 N–H and O–H groups in total. The highest BCUT2D eigenvalue weighted by Gasteiger charge is 2.25. The monoisotopic (exact) mass is 255 g/mol. The Kier molecular flexibility index (Phi) is 7.20. The van der Waals surface area contributed by atoms with Gasteiger partial charge in [0, 0.05) is 31.7 Å². The van der Waals surface area contributed by atoms with Crippen molar-refractivity contribution in [3.63, 3.8) is 0 Å². The third-order valence-corrected chi connectivity index (χ3v) is 3.97. The highest BCUT2D eigenvalue weighted by atomic mass is 15.3. The first-order valence-corrected chi connectivity index (χ1v) is 7.69. The highest BCUT2D eigenvalue weighted by Crippen LogP contribution is 2.14. The summed E-state index contributed by atoms with van der Waals surface area (Å²) in [5.41, 5.74) is 0. The van der Waals surface area contributed by atoms with E-state index in [4.69, 9.17) is 0 Å². The summed E-state index contributed by atoms with van der Waals surface area (Å²) in [4.78, 5) is 5.19. The zero-order valence-electron chi connectivity index (χ0n) is 13.1. The van der Waals surface area contributed by atoms with E-state index in [0.29, 0.717) is 12.1 Å². The van der Waals surface area contributed by atoms with E-state index in [9.17, 15) is 0 Å². The minimum absolute atomic E-state index is 0.684. The number of rotatable bonds is 6. The molecule has 0 bridgehead atoms.